The third-order valence-electron chi connectivity index (χ3n) is 4.70. The zero-order valence-corrected chi connectivity index (χ0v) is 13.6. The molecule has 1 aliphatic carbocycles. The second-order valence-corrected chi connectivity index (χ2v) is 6.38. The average molecular weight is 304 g/mol. The quantitative estimate of drug-likeness (QED) is 0.941. The van der Waals surface area contributed by atoms with Crippen LogP contribution >= 0.6 is 11.6 Å². The van der Waals surface area contributed by atoms with Gasteiger partial charge in [-0.3, -0.25) is 4.68 Å². The molecule has 0 amide bonds. The van der Waals surface area contributed by atoms with Crippen molar-refractivity contribution in [2.24, 2.45) is 13.0 Å². The Kier molecular flexibility index (Phi) is 4.05. The second kappa shape index (κ2) is 5.82. The molecule has 3 rings (SSSR count). The number of fused-ring (bicyclic) bond motifs is 1. The number of aromatic nitrogens is 2. The van der Waals surface area contributed by atoms with Crippen LogP contribution in [0.1, 0.15) is 22.5 Å². The molecule has 21 heavy (non-hydrogen) atoms. The molecule has 4 heteroatoms. The summed E-state index contributed by atoms with van der Waals surface area (Å²) in [4.78, 5) is 0. The second-order valence-electron chi connectivity index (χ2n) is 6.01. The average Bonchev–Trinajstić information content (AvgIpc) is 3.00. The van der Waals surface area contributed by atoms with Crippen molar-refractivity contribution in [3.05, 3.63) is 51.8 Å². The summed E-state index contributed by atoms with van der Waals surface area (Å²) in [6, 6.07) is 9.20. The number of likely N-dealkylation sites (N-methyl/N-ethyl adjacent to an activating group) is 1. The van der Waals surface area contributed by atoms with E-state index in [2.05, 4.69) is 34.7 Å². The summed E-state index contributed by atoms with van der Waals surface area (Å²) in [6.07, 6.45) is 3.22. The van der Waals surface area contributed by atoms with Gasteiger partial charge in [-0.25, -0.2) is 0 Å². The maximum Gasteiger partial charge on any atom is 0.0847 e. The summed E-state index contributed by atoms with van der Waals surface area (Å²) in [5, 5.41) is 8.73. The summed E-state index contributed by atoms with van der Waals surface area (Å²) in [6.45, 7) is 1.96. The predicted octanol–water partition coefficient (Wildman–Crippen LogP) is 2.93. The van der Waals surface area contributed by atoms with Crippen molar-refractivity contribution in [2.45, 2.75) is 32.2 Å². The van der Waals surface area contributed by atoms with E-state index in [1.54, 1.807) is 0 Å². The predicted molar refractivity (Wildman–Crippen MR) is 86.8 cm³/mol. The van der Waals surface area contributed by atoms with Gasteiger partial charge in [0.15, 0.2) is 0 Å². The van der Waals surface area contributed by atoms with Crippen molar-refractivity contribution in [1.29, 1.82) is 0 Å². The van der Waals surface area contributed by atoms with Crippen molar-refractivity contribution < 1.29 is 0 Å². The van der Waals surface area contributed by atoms with Gasteiger partial charge in [0.2, 0.25) is 0 Å². The zero-order valence-electron chi connectivity index (χ0n) is 12.9. The molecule has 1 N–H and O–H groups in total. The van der Waals surface area contributed by atoms with Crippen LogP contribution in [0.2, 0.25) is 5.02 Å². The molecular formula is C17H22ClN3. The van der Waals surface area contributed by atoms with Crippen molar-refractivity contribution in [3.63, 3.8) is 0 Å². The number of nitrogens with one attached hydrogen (secondary N) is 1. The smallest absolute Gasteiger partial charge is 0.0847 e. The lowest BCUT2D eigenvalue weighted by Crippen LogP contribution is -2.36. The normalized spacial score (nSPS) is 16.2. The number of benzene rings is 1. The highest BCUT2D eigenvalue weighted by molar-refractivity contribution is 6.31. The minimum absolute atomic E-state index is 0.421. The zero-order chi connectivity index (χ0) is 15.0. The van der Waals surface area contributed by atoms with Crippen molar-refractivity contribution in [2.75, 3.05) is 7.05 Å². The van der Waals surface area contributed by atoms with Crippen molar-refractivity contribution in [1.82, 2.24) is 15.1 Å². The van der Waals surface area contributed by atoms with Gasteiger partial charge >= 0.3 is 0 Å². The minimum atomic E-state index is 0.421. The Balaban J connectivity index is 1.78. The summed E-state index contributed by atoms with van der Waals surface area (Å²) in [5.41, 5.74) is 5.04. The molecule has 2 aromatic rings. The fourth-order valence-electron chi connectivity index (χ4n) is 3.49. The van der Waals surface area contributed by atoms with Gasteiger partial charge in [-0.15, -0.1) is 0 Å². The lowest BCUT2D eigenvalue weighted by atomic mass is 9.93. The van der Waals surface area contributed by atoms with E-state index in [-0.39, 0.29) is 0 Å². The Bertz CT molecular complexity index is 622. The summed E-state index contributed by atoms with van der Waals surface area (Å²) in [7, 11) is 4.02. The van der Waals surface area contributed by atoms with Gasteiger partial charge in [0.05, 0.1) is 16.4 Å². The first kappa shape index (κ1) is 14.6. The van der Waals surface area contributed by atoms with Gasteiger partial charge in [-0.1, -0.05) is 35.9 Å². The first-order valence-electron chi connectivity index (χ1n) is 7.52. The number of rotatable bonds is 4. The highest BCUT2D eigenvalue weighted by Crippen LogP contribution is 2.31. The van der Waals surface area contributed by atoms with Crippen LogP contribution in [0.15, 0.2) is 24.3 Å². The first-order chi connectivity index (χ1) is 10.1. The first-order valence-corrected chi connectivity index (χ1v) is 7.90. The molecule has 1 aromatic carbocycles. The van der Waals surface area contributed by atoms with Gasteiger partial charge in [-0.2, -0.15) is 5.10 Å². The molecule has 1 aliphatic rings. The van der Waals surface area contributed by atoms with Crippen LogP contribution < -0.4 is 5.32 Å². The van der Waals surface area contributed by atoms with Crippen molar-refractivity contribution in [3.8, 4) is 0 Å². The number of hydrogen-bond acceptors (Lipinski definition) is 2. The highest BCUT2D eigenvalue weighted by Gasteiger charge is 2.29. The monoisotopic (exact) mass is 303 g/mol. The molecule has 1 atom stereocenters. The largest absolute Gasteiger partial charge is 0.316 e. The van der Waals surface area contributed by atoms with E-state index in [1.165, 1.54) is 11.1 Å². The molecule has 112 valence electrons. The molecule has 0 spiro atoms. The van der Waals surface area contributed by atoms with E-state index in [0.717, 1.165) is 35.7 Å². The Labute approximate surface area is 131 Å². The molecule has 1 aromatic heterocycles. The molecule has 0 bridgehead atoms. The fourth-order valence-corrected chi connectivity index (χ4v) is 3.73. The Morgan fingerprint density at radius 1 is 1.33 bits per heavy atom. The number of hydrogen-bond donors (Lipinski definition) is 1. The van der Waals surface area contributed by atoms with E-state index in [9.17, 15) is 0 Å². The molecule has 0 aliphatic heterocycles. The molecule has 0 radical (unpaired) electrons. The van der Waals surface area contributed by atoms with Crippen LogP contribution in [0.3, 0.4) is 0 Å². The fraction of sp³-hybridized carbons (Fsp3) is 0.471. The summed E-state index contributed by atoms with van der Waals surface area (Å²) in [5.74, 6) is 0.624. The lowest BCUT2D eigenvalue weighted by molar-refractivity contribution is 0.376. The van der Waals surface area contributed by atoms with Crippen LogP contribution in [0.25, 0.3) is 0 Å². The maximum absolute atomic E-state index is 6.40. The van der Waals surface area contributed by atoms with E-state index < -0.39 is 0 Å². The van der Waals surface area contributed by atoms with Crippen LogP contribution in [0.4, 0.5) is 0 Å². The minimum Gasteiger partial charge on any atom is -0.316 e. The Hall–Kier alpha value is -1.32. The third-order valence-corrected chi connectivity index (χ3v) is 5.19. The maximum atomic E-state index is 6.40. The molecule has 3 nitrogen and oxygen atoms in total. The van der Waals surface area contributed by atoms with Gasteiger partial charge in [0.1, 0.15) is 0 Å². The van der Waals surface area contributed by atoms with Gasteiger partial charge in [0, 0.05) is 19.5 Å². The van der Waals surface area contributed by atoms with Gasteiger partial charge < -0.3 is 5.32 Å². The van der Waals surface area contributed by atoms with Crippen LogP contribution in [0.5, 0.6) is 0 Å². The molecular weight excluding hydrogens is 282 g/mol. The standard InChI is InChI=1S/C17H22ClN3/c1-11-17(18)16(21(3)20-11)10-15(19-2)14-8-12-6-4-5-7-13(12)9-14/h4-7,14-15,19H,8-10H2,1-3H3. The number of aryl methyl sites for hydroxylation is 2. The van der Waals surface area contributed by atoms with E-state index in [1.807, 2.05) is 25.7 Å². The van der Waals surface area contributed by atoms with Gasteiger partial charge in [0.25, 0.3) is 0 Å². The highest BCUT2D eigenvalue weighted by atomic mass is 35.5. The van der Waals surface area contributed by atoms with Crippen molar-refractivity contribution >= 4 is 11.6 Å². The molecule has 0 saturated heterocycles. The van der Waals surface area contributed by atoms with Gasteiger partial charge in [-0.05, 0) is 43.9 Å². The topological polar surface area (TPSA) is 29.9 Å². The molecule has 0 fully saturated rings. The van der Waals surface area contributed by atoms with E-state index in [0.29, 0.717) is 12.0 Å². The Morgan fingerprint density at radius 2 is 1.95 bits per heavy atom. The summed E-state index contributed by atoms with van der Waals surface area (Å²) < 4.78 is 1.92. The van der Waals surface area contributed by atoms with Crippen LogP contribution in [0, 0.1) is 12.8 Å². The third kappa shape index (κ3) is 2.72. The van der Waals surface area contributed by atoms with Crippen LogP contribution in [-0.2, 0) is 26.3 Å². The molecule has 0 saturated carbocycles. The van der Waals surface area contributed by atoms with Crippen LogP contribution in [-0.4, -0.2) is 22.9 Å². The van der Waals surface area contributed by atoms with E-state index >= 15 is 0 Å². The molecule has 1 unspecified atom stereocenters. The Morgan fingerprint density at radius 3 is 2.43 bits per heavy atom. The van der Waals surface area contributed by atoms with E-state index in [4.69, 9.17) is 11.6 Å². The number of nitrogens with zero attached hydrogens (tertiary/aromatic N) is 2. The summed E-state index contributed by atoms with van der Waals surface area (Å²) >= 11 is 6.40. The number of halogens is 1. The lowest BCUT2D eigenvalue weighted by Gasteiger charge is -2.23. The SMILES string of the molecule is CNC(Cc1c(Cl)c(C)nn1C)C1Cc2ccccc2C1. The molecule has 1 heterocycles.